The van der Waals surface area contributed by atoms with Crippen LogP contribution in [0.5, 0.6) is 0 Å². The van der Waals surface area contributed by atoms with Crippen LogP contribution < -0.4 is 0 Å². The highest BCUT2D eigenvalue weighted by molar-refractivity contribution is 7.92. The molecule has 2 N–H and O–H groups in total. The van der Waals surface area contributed by atoms with E-state index in [1.54, 1.807) is 24.3 Å². The highest BCUT2D eigenvalue weighted by atomic mass is 35.5. The first-order chi connectivity index (χ1) is 14.8. The minimum absolute atomic E-state index is 0.0411. The molecule has 0 amide bonds. The maximum atomic E-state index is 13.8. The fourth-order valence-corrected chi connectivity index (χ4v) is 5.65. The maximum Gasteiger partial charge on any atom is 0.395 e. The monoisotopic (exact) mass is 487 g/mol. The van der Waals surface area contributed by atoms with Crippen molar-refractivity contribution in [2.24, 2.45) is 5.41 Å². The number of carboxylic acids is 1. The topological polar surface area (TPSA) is 78.2 Å². The minimum Gasteiger partial charge on any atom is -0.481 e. The largest absolute Gasteiger partial charge is 0.481 e. The van der Waals surface area contributed by atoms with Gasteiger partial charge in [0.25, 0.3) is 0 Å². The second kappa shape index (κ2) is 9.06. The third-order valence-electron chi connectivity index (χ3n) is 6.04. The van der Waals surface area contributed by atoms with Crippen LogP contribution >= 0.6 is 11.6 Å². The van der Waals surface area contributed by atoms with Crippen molar-refractivity contribution in [3.8, 4) is 11.1 Å². The van der Waals surface area contributed by atoms with Gasteiger partial charge in [0, 0.05) is 26.3 Å². The molecule has 0 heterocycles. The lowest BCUT2D eigenvalue weighted by atomic mass is 9.93. The summed E-state index contributed by atoms with van der Waals surface area (Å²) in [5, 5.41) is 9.74. The molecule has 32 heavy (non-hydrogen) atoms. The summed E-state index contributed by atoms with van der Waals surface area (Å²) in [6.07, 6.45) is -4.05. The third kappa shape index (κ3) is 6.04. The number of halogens is 4. The molecule has 174 valence electrons. The van der Waals surface area contributed by atoms with E-state index in [1.807, 2.05) is 13.0 Å². The number of hydrogen-bond donors (Lipinski definition) is 2. The van der Waals surface area contributed by atoms with Gasteiger partial charge in [0.15, 0.2) is 0 Å². The van der Waals surface area contributed by atoms with Crippen molar-refractivity contribution in [2.45, 2.75) is 44.7 Å². The summed E-state index contributed by atoms with van der Waals surface area (Å²) in [5.74, 6) is -3.46. The van der Waals surface area contributed by atoms with E-state index < -0.39 is 45.4 Å². The van der Waals surface area contributed by atoms with E-state index in [4.69, 9.17) is 16.4 Å². The Kier molecular flexibility index (Phi) is 6.96. The highest BCUT2D eigenvalue weighted by Crippen LogP contribution is 2.49. The number of aryl methyl sites for hydroxylation is 1. The smallest absolute Gasteiger partial charge is 0.395 e. The number of hydrogen-bond acceptors (Lipinski definition) is 3. The molecule has 2 atom stereocenters. The van der Waals surface area contributed by atoms with Gasteiger partial charge in [-0.25, -0.2) is 4.21 Å². The van der Waals surface area contributed by atoms with Crippen LogP contribution in [0.2, 0.25) is 5.02 Å². The standard InChI is InChI=1S/C23H25ClF3NO3S/c1-15-12-18(14-19(24)13-15)16-2-4-17(5-3-16)20(23(25,26)27)6-10-32(28,31)11-9-22(7-8-22)21(29)30/h2-5,12-14,20,28H,6-11H2,1H3,(H,29,30). The van der Waals surface area contributed by atoms with Gasteiger partial charge in [0.05, 0.1) is 11.3 Å². The van der Waals surface area contributed by atoms with Crippen molar-refractivity contribution in [1.82, 2.24) is 0 Å². The van der Waals surface area contributed by atoms with Crippen molar-refractivity contribution in [2.75, 3.05) is 11.5 Å². The SMILES string of the molecule is Cc1cc(Cl)cc(-c2ccc(C(CCS(=N)(=O)CCC3(C(=O)O)CC3)C(F)(F)F)cc2)c1. The lowest BCUT2D eigenvalue weighted by Gasteiger charge is -2.22. The molecule has 3 rings (SSSR count). The average Bonchev–Trinajstić information content (AvgIpc) is 3.47. The maximum absolute atomic E-state index is 13.8. The Balaban J connectivity index is 1.72. The Bertz CT molecular complexity index is 1070. The summed E-state index contributed by atoms with van der Waals surface area (Å²) in [6.45, 7) is 1.88. The molecular weight excluding hydrogens is 463 g/mol. The Morgan fingerprint density at radius 1 is 1.16 bits per heavy atom. The number of carbonyl (C=O) groups is 1. The lowest BCUT2D eigenvalue weighted by molar-refractivity contribution is -0.150. The number of aliphatic carboxylic acids is 1. The van der Waals surface area contributed by atoms with Gasteiger partial charge in [-0.05, 0) is 67.0 Å². The molecule has 0 spiro atoms. The molecule has 4 nitrogen and oxygen atoms in total. The molecule has 1 aliphatic rings. The van der Waals surface area contributed by atoms with Gasteiger partial charge < -0.3 is 5.11 Å². The van der Waals surface area contributed by atoms with E-state index in [0.29, 0.717) is 17.9 Å². The van der Waals surface area contributed by atoms with Crippen LogP contribution in [0.25, 0.3) is 11.1 Å². The minimum atomic E-state index is -4.55. The summed E-state index contributed by atoms with van der Waals surface area (Å²) in [7, 11) is -3.31. The summed E-state index contributed by atoms with van der Waals surface area (Å²) < 4.78 is 61.8. The van der Waals surface area contributed by atoms with Crippen LogP contribution in [0.3, 0.4) is 0 Å². The van der Waals surface area contributed by atoms with Crippen LogP contribution in [0, 0.1) is 17.1 Å². The molecule has 1 saturated carbocycles. The first kappa shape index (κ1) is 24.6. The van der Waals surface area contributed by atoms with Crippen molar-refractivity contribution in [1.29, 1.82) is 4.78 Å². The van der Waals surface area contributed by atoms with E-state index in [1.165, 1.54) is 12.1 Å². The Morgan fingerprint density at radius 3 is 2.28 bits per heavy atom. The van der Waals surface area contributed by atoms with Crippen LogP contribution in [-0.4, -0.2) is 33.0 Å². The Labute approximate surface area is 190 Å². The zero-order valence-corrected chi connectivity index (χ0v) is 19.1. The molecule has 0 radical (unpaired) electrons. The van der Waals surface area contributed by atoms with Crippen molar-refractivity contribution >= 4 is 27.3 Å². The zero-order chi connectivity index (χ0) is 23.7. The number of alkyl halides is 3. The second-order valence-electron chi connectivity index (χ2n) is 8.58. The van der Waals surface area contributed by atoms with E-state index in [2.05, 4.69) is 0 Å². The molecule has 0 aromatic heterocycles. The zero-order valence-electron chi connectivity index (χ0n) is 17.5. The number of carboxylic acid groups (broad SMARTS) is 1. The molecule has 0 bridgehead atoms. The van der Waals surface area contributed by atoms with Gasteiger partial charge in [0.1, 0.15) is 0 Å². The second-order valence-corrected chi connectivity index (χ2v) is 11.5. The van der Waals surface area contributed by atoms with Gasteiger partial charge in [-0.15, -0.1) is 0 Å². The molecule has 2 unspecified atom stereocenters. The van der Waals surface area contributed by atoms with Crippen molar-refractivity contribution < 1.29 is 27.3 Å². The number of benzene rings is 2. The molecule has 2 aromatic rings. The number of rotatable bonds is 9. The van der Waals surface area contributed by atoms with Crippen LogP contribution in [0.4, 0.5) is 13.2 Å². The van der Waals surface area contributed by atoms with Gasteiger partial charge in [-0.2, -0.15) is 13.2 Å². The van der Waals surface area contributed by atoms with E-state index in [-0.39, 0.29) is 17.7 Å². The van der Waals surface area contributed by atoms with Crippen LogP contribution in [-0.2, 0) is 14.5 Å². The predicted octanol–water partition coefficient (Wildman–Crippen LogP) is 6.65. The average molecular weight is 488 g/mol. The summed E-state index contributed by atoms with van der Waals surface area (Å²) in [4.78, 5) is 11.2. The number of nitrogens with one attached hydrogen (secondary N) is 1. The molecule has 0 aliphatic heterocycles. The van der Waals surface area contributed by atoms with E-state index >= 15 is 0 Å². The quantitative estimate of drug-likeness (QED) is 0.415. The first-order valence-electron chi connectivity index (χ1n) is 10.2. The molecule has 1 fully saturated rings. The normalized spacial score (nSPS) is 18.0. The molecular formula is C23H25ClF3NO3S. The third-order valence-corrected chi connectivity index (χ3v) is 8.01. The lowest BCUT2D eigenvalue weighted by Crippen LogP contribution is -2.25. The first-order valence-corrected chi connectivity index (χ1v) is 12.5. The van der Waals surface area contributed by atoms with Gasteiger partial charge in [-0.1, -0.05) is 41.9 Å². The summed E-state index contributed by atoms with van der Waals surface area (Å²) >= 11 is 6.07. The Morgan fingerprint density at radius 2 is 1.78 bits per heavy atom. The highest BCUT2D eigenvalue weighted by Gasteiger charge is 2.50. The van der Waals surface area contributed by atoms with Crippen molar-refractivity contribution in [3.05, 3.63) is 58.6 Å². The van der Waals surface area contributed by atoms with Crippen LogP contribution in [0.1, 0.15) is 42.7 Å². The molecule has 9 heteroatoms. The van der Waals surface area contributed by atoms with Gasteiger partial charge >= 0.3 is 12.1 Å². The molecule has 1 aliphatic carbocycles. The molecule has 2 aromatic carbocycles. The van der Waals surface area contributed by atoms with Crippen LogP contribution in [0.15, 0.2) is 42.5 Å². The summed E-state index contributed by atoms with van der Waals surface area (Å²) in [6, 6.07) is 11.4. The van der Waals surface area contributed by atoms with Crippen molar-refractivity contribution in [3.63, 3.8) is 0 Å². The predicted molar refractivity (Wildman–Crippen MR) is 120 cm³/mol. The Hall–Kier alpha value is -2.06. The fraction of sp³-hybridized carbons (Fsp3) is 0.435. The fourth-order valence-electron chi connectivity index (χ4n) is 3.82. The molecule has 0 saturated heterocycles. The van der Waals surface area contributed by atoms with Gasteiger partial charge in [0.2, 0.25) is 0 Å². The van der Waals surface area contributed by atoms with E-state index in [0.717, 1.165) is 16.7 Å². The van der Waals surface area contributed by atoms with E-state index in [9.17, 15) is 27.3 Å². The summed E-state index contributed by atoms with van der Waals surface area (Å²) in [5.41, 5.74) is 1.56. The van der Waals surface area contributed by atoms with Gasteiger partial charge in [-0.3, -0.25) is 9.57 Å².